The lowest BCUT2D eigenvalue weighted by Crippen LogP contribution is -2.45. The average Bonchev–Trinajstić information content (AvgIpc) is 3.13. The summed E-state index contributed by atoms with van der Waals surface area (Å²) in [6, 6.07) is 4.81. The van der Waals surface area contributed by atoms with Crippen molar-refractivity contribution in [3.8, 4) is 0 Å². The first-order chi connectivity index (χ1) is 8.53. The molecule has 18 heavy (non-hydrogen) atoms. The molecule has 2 aliphatic rings. The van der Waals surface area contributed by atoms with Crippen LogP contribution >= 0.6 is 11.6 Å². The van der Waals surface area contributed by atoms with Gasteiger partial charge in [0, 0.05) is 18.0 Å². The molecule has 0 atom stereocenters. The number of halogens is 1. The highest BCUT2D eigenvalue weighted by Crippen LogP contribution is 2.39. The third-order valence-electron chi connectivity index (χ3n) is 3.05. The smallest absolute Gasteiger partial charge is 0.261 e. The molecule has 0 radical (unpaired) electrons. The number of fused-ring (bicyclic) bond motifs is 1. The predicted molar refractivity (Wildman–Crippen MR) is 70.3 cm³/mol. The molecule has 1 aromatic rings. The van der Waals surface area contributed by atoms with Crippen LogP contribution in [0.4, 0.5) is 5.69 Å². The summed E-state index contributed by atoms with van der Waals surface area (Å²) >= 11 is 5.85. The lowest BCUT2D eigenvalue weighted by molar-refractivity contribution is 0.595. The van der Waals surface area contributed by atoms with Gasteiger partial charge < -0.3 is 0 Å². The number of anilines is 1. The van der Waals surface area contributed by atoms with Crippen LogP contribution in [-0.4, -0.2) is 21.3 Å². The maximum absolute atomic E-state index is 12.1. The summed E-state index contributed by atoms with van der Waals surface area (Å²) in [5.41, 5.74) is 3.57. The first-order valence-corrected chi connectivity index (χ1v) is 7.46. The van der Waals surface area contributed by atoms with E-state index in [0.717, 1.165) is 12.8 Å². The molecule has 0 spiro atoms. The Morgan fingerprint density at radius 1 is 1.44 bits per heavy atom. The zero-order valence-corrected chi connectivity index (χ0v) is 11.3. The van der Waals surface area contributed by atoms with Crippen molar-refractivity contribution >= 4 is 33.1 Å². The van der Waals surface area contributed by atoms with Crippen LogP contribution in [0.5, 0.6) is 0 Å². The van der Waals surface area contributed by atoms with Crippen molar-refractivity contribution < 1.29 is 8.42 Å². The van der Waals surface area contributed by atoms with Gasteiger partial charge in [0.25, 0.3) is 10.0 Å². The maximum atomic E-state index is 12.1. The van der Waals surface area contributed by atoms with E-state index >= 15 is 0 Å². The summed E-state index contributed by atoms with van der Waals surface area (Å²) < 4.78 is 28.2. The van der Waals surface area contributed by atoms with Gasteiger partial charge in [0.1, 0.15) is 10.7 Å². The number of nitrogens with one attached hydrogen (secondary N) is 1. The lowest BCUT2D eigenvalue weighted by atomic mass is 10.2. The van der Waals surface area contributed by atoms with Gasteiger partial charge in [-0.15, -0.1) is 4.40 Å². The molecule has 1 aliphatic heterocycles. The zero-order chi connectivity index (χ0) is 12.9. The van der Waals surface area contributed by atoms with Crippen molar-refractivity contribution in [3.63, 3.8) is 0 Å². The van der Waals surface area contributed by atoms with Gasteiger partial charge in [-0.05, 0) is 31.0 Å². The molecule has 0 bridgehead atoms. The number of benzene rings is 1. The molecular formula is C11H12ClN3O2S. The number of hydrazine groups is 1. The molecule has 5 nitrogen and oxygen atoms in total. The van der Waals surface area contributed by atoms with Crippen LogP contribution in [-0.2, 0) is 10.0 Å². The van der Waals surface area contributed by atoms with Crippen LogP contribution in [0.1, 0.15) is 12.8 Å². The molecule has 1 aliphatic carbocycles. The number of hydrogen-bond donors (Lipinski definition) is 1. The van der Waals surface area contributed by atoms with E-state index in [1.54, 1.807) is 24.2 Å². The van der Waals surface area contributed by atoms with Crippen LogP contribution in [0.15, 0.2) is 27.5 Å². The zero-order valence-electron chi connectivity index (χ0n) is 9.72. The third kappa shape index (κ3) is 1.81. The molecular weight excluding hydrogens is 274 g/mol. The van der Waals surface area contributed by atoms with Gasteiger partial charge in [-0.1, -0.05) is 11.6 Å². The predicted octanol–water partition coefficient (Wildman–Crippen LogP) is 1.79. The Bertz CT molecular complexity index is 638. The van der Waals surface area contributed by atoms with Gasteiger partial charge in [-0.25, -0.2) is 5.43 Å². The summed E-state index contributed by atoms with van der Waals surface area (Å²) in [4.78, 5) is 0.147. The number of nitrogens with zero attached hydrogens (tertiary/aromatic N) is 2. The largest absolute Gasteiger partial charge is 0.286 e. The fourth-order valence-corrected chi connectivity index (χ4v) is 3.56. The first-order valence-electron chi connectivity index (χ1n) is 5.65. The van der Waals surface area contributed by atoms with Crippen molar-refractivity contribution in [2.45, 2.75) is 17.7 Å². The van der Waals surface area contributed by atoms with Crippen LogP contribution in [0, 0.1) is 5.92 Å². The van der Waals surface area contributed by atoms with E-state index in [1.807, 2.05) is 0 Å². The molecule has 1 aromatic carbocycles. The van der Waals surface area contributed by atoms with Crippen LogP contribution in [0.2, 0.25) is 5.02 Å². The minimum atomic E-state index is -3.64. The second-order valence-corrected chi connectivity index (χ2v) is 6.38. The summed E-state index contributed by atoms with van der Waals surface area (Å²) in [5, 5.41) is 2.11. The average molecular weight is 286 g/mol. The first kappa shape index (κ1) is 12.0. The second kappa shape index (κ2) is 3.94. The number of rotatable bonds is 2. The molecule has 0 aromatic heterocycles. The van der Waals surface area contributed by atoms with Gasteiger partial charge in [-0.3, -0.25) is 5.01 Å². The van der Waals surface area contributed by atoms with E-state index in [-0.39, 0.29) is 10.8 Å². The maximum Gasteiger partial charge on any atom is 0.286 e. The molecule has 3 rings (SSSR count). The third-order valence-corrected chi connectivity index (χ3v) is 4.59. The van der Waals surface area contributed by atoms with Gasteiger partial charge in [-0.2, -0.15) is 8.42 Å². The van der Waals surface area contributed by atoms with E-state index < -0.39 is 10.0 Å². The Hall–Kier alpha value is -1.11. The minimum absolute atomic E-state index is 0.147. The van der Waals surface area contributed by atoms with Crippen molar-refractivity contribution in [2.75, 3.05) is 12.1 Å². The molecule has 1 fully saturated rings. The number of amidine groups is 1. The van der Waals surface area contributed by atoms with Crippen LogP contribution in [0.25, 0.3) is 0 Å². The minimum Gasteiger partial charge on any atom is -0.261 e. The normalized spacial score (nSPS) is 21.4. The van der Waals surface area contributed by atoms with Crippen LogP contribution < -0.4 is 10.4 Å². The Morgan fingerprint density at radius 3 is 2.78 bits per heavy atom. The highest BCUT2D eigenvalue weighted by molar-refractivity contribution is 7.90. The van der Waals surface area contributed by atoms with E-state index in [1.165, 1.54) is 6.07 Å². The van der Waals surface area contributed by atoms with Crippen molar-refractivity contribution in [3.05, 3.63) is 23.2 Å². The van der Waals surface area contributed by atoms with Crippen molar-refractivity contribution in [1.29, 1.82) is 0 Å². The molecule has 0 amide bonds. The summed E-state index contributed by atoms with van der Waals surface area (Å²) in [5.74, 6) is 0.809. The molecule has 1 saturated carbocycles. The van der Waals surface area contributed by atoms with E-state index in [4.69, 9.17) is 11.6 Å². The van der Waals surface area contributed by atoms with Gasteiger partial charge in [0.2, 0.25) is 0 Å². The van der Waals surface area contributed by atoms with Crippen molar-refractivity contribution in [2.24, 2.45) is 10.3 Å². The fourth-order valence-electron chi connectivity index (χ4n) is 2.05. The van der Waals surface area contributed by atoms with Gasteiger partial charge in [0.15, 0.2) is 0 Å². The molecule has 0 unspecified atom stereocenters. The molecule has 96 valence electrons. The monoisotopic (exact) mass is 285 g/mol. The fraction of sp³-hybridized carbons (Fsp3) is 0.364. The Labute approximate surface area is 110 Å². The van der Waals surface area contributed by atoms with Gasteiger partial charge in [0.05, 0.1) is 5.69 Å². The summed E-state index contributed by atoms with van der Waals surface area (Å²) in [7, 11) is -1.90. The second-order valence-electron chi connectivity index (χ2n) is 4.37. The molecule has 1 heterocycles. The molecule has 7 heteroatoms. The van der Waals surface area contributed by atoms with Crippen molar-refractivity contribution in [1.82, 2.24) is 5.43 Å². The van der Waals surface area contributed by atoms with Crippen LogP contribution in [0.3, 0.4) is 0 Å². The Morgan fingerprint density at radius 2 is 2.17 bits per heavy atom. The molecule has 1 N–H and O–H groups in total. The standard InChI is InChI=1S/C11H12ClN3O2S/c1-13-15-9-5-4-8(12)6-10(9)18(16,17)14-11(15)7-2-3-7/h4-7,13H,2-3H2,1H3. The Kier molecular flexibility index (Phi) is 2.62. The summed E-state index contributed by atoms with van der Waals surface area (Å²) in [6.07, 6.45) is 1.96. The SMILES string of the molecule is CNN1C(C2CC2)=NS(=O)(=O)c2cc(Cl)ccc21. The lowest BCUT2D eigenvalue weighted by Gasteiger charge is -2.29. The van der Waals surface area contributed by atoms with E-state index in [2.05, 4.69) is 9.82 Å². The number of hydrogen-bond acceptors (Lipinski definition) is 4. The van der Waals surface area contributed by atoms with E-state index in [9.17, 15) is 8.42 Å². The highest BCUT2D eigenvalue weighted by atomic mass is 35.5. The Balaban J connectivity index is 2.22. The highest BCUT2D eigenvalue weighted by Gasteiger charge is 2.38. The number of sulfonamides is 1. The summed E-state index contributed by atoms with van der Waals surface area (Å²) in [6.45, 7) is 0. The molecule has 0 saturated heterocycles. The van der Waals surface area contributed by atoms with E-state index in [0.29, 0.717) is 16.5 Å². The van der Waals surface area contributed by atoms with Gasteiger partial charge >= 0.3 is 0 Å². The topological polar surface area (TPSA) is 61.8 Å². The quantitative estimate of drug-likeness (QED) is 0.900.